The van der Waals surface area contributed by atoms with Crippen molar-refractivity contribution in [1.82, 2.24) is 10.2 Å². The topological polar surface area (TPSA) is 121 Å². The average molecular weight is 366 g/mol. The molecule has 2 heterocycles. The van der Waals surface area contributed by atoms with Crippen molar-refractivity contribution >= 4 is 41.2 Å². The predicted molar refractivity (Wildman–Crippen MR) is 95.4 cm³/mol. The van der Waals surface area contributed by atoms with Crippen molar-refractivity contribution in [2.24, 2.45) is 4.99 Å². The van der Waals surface area contributed by atoms with E-state index in [0.29, 0.717) is 22.7 Å². The molecule has 2 aromatic carbocycles. The third-order valence-corrected chi connectivity index (χ3v) is 3.97. The average Bonchev–Trinajstić information content (AvgIpc) is 3.19. The van der Waals surface area contributed by atoms with Crippen molar-refractivity contribution in [3.8, 4) is 11.5 Å². The van der Waals surface area contributed by atoms with E-state index in [0.717, 1.165) is 0 Å². The molecule has 0 radical (unpaired) electrons. The van der Waals surface area contributed by atoms with Crippen LogP contribution in [0.3, 0.4) is 0 Å². The molecule has 0 aliphatic carbocycles. The second-order valence-corrected chi connectivity index (χ2v) is 5.78. The number of hydrogen-bond acceptors (Lipinski definition) is 6. The number of carbonyl (C=O) groups excluding carboxylic acids is 1. The molecule has 0 saturated carbocycles. The van der Waals surface area contributed by atoms with Crippen LogP contribution in [0.25, 0.3) is 11.5 Å². The molecule has 0 unspecified atom stereocenters. The summed E-state index contributed by atoms with van der Waals surface area (Å²) in [7, 11) is 0. The Morgan fingerprint density at radius 3 is 2.62 bits per heavy atom. The van der Waals surface area contributed by atoms with Gasteiger partial charge in [-0.25, -0.2) is 14.9 Å². The zero-order valence-electron chi connectivity index (χ0n) is 13.0. The van der Waals surface area contributed by atoms with Gasteiger partial charge in [0.1, 0.15) is 5.71 Å². The lowest BCUT2D eigenvalue weighted by molar-refractivity contribution is -0.110. The van der Waals surface area contributed by atoms with Crippen molar-refractivity contribution in [1.29, 1.82) is 0 Å². The number of fused-ring (bicyclic) bond motifs is 1. The SMILES string of the molecule is O=C1Nc2c(C(=O)O)cccc2C1=Nc1ccc(-c2n[nH]c(=S)o2)cc1. The number of rotatable bonds is 3. The van der Waals surface area contributed by atoms with E-state index in [-0.39, 0.29) is 21.8 Å². The van der Waals surface area contributed by atoms with Crippen LogP contribution in [0.2, 0.25) is 0 Å². The number of aromatic nitrogens is 2. The Bertz CT molecular complexity index is 1130. The molecule has 0 fully saturated rings. The predicted octanol–water partition coefficient (Wildman–Crippen LogP) is 3.17. The van der Waals surface area contributed by atoms with Crippen molar-refractivity contribution in [2.75, 3.05) is 5.32 Å². The minimum atomic E-state index is -1.11. The number of H-pyrrole nitrogens is 1. The first kappa shape index (κ1) is 15.9. The van der Waals surface area contributed by atoms with Gasteiger partial charge in [-0.05, 0) is 42.5 Å². The standard InChI is InChI=1S/C17H10N4O4S/c22-14-13(10-2-1-3-11(16(23)24)12(10)19-14)18-9-6-4-8(5-7-9)15-20-21-17(26)25-15/h1-7H,(H,21,26)(H,23,24)(H,18,19,22). The minimum absolute atomic E-state index is 0.0243. The van der Waals surface area contributed by atoms with E-state index in [2.05, 4.69) is 20.5 Å². The monoisotopic (exact) mass is 366 g/mol. The van der Waals surface area contributed by atoms with Gasteiger partial charge in [-0.3, -0.25) is 4.79 Å². The summed E-state index contributed by atoms with van der Waals surface area (Å²) in [6.07, 6.45) is 0. The Morgan fingerprint density at radius 2 is 1.96 bits per heavy atom. The van der Waals surface area contributed by atoms with Crippen LogP contribution in [0.15, 0.2) is 51.9 Å². The van der Waals surface area contributed by atoms with Gasteiger partial charge in [0.05, 0.1) is 16.9 Å². The van der Waals surface area contributed by atoms with Gasteiger partial charge in [-0.2, -0.15) is 0 Å². The van der Waals surface area contributed by atoms with E-state index < -0.39 is 11.9 Å². The second-order valence-electron chi connectivity index (χ2n) is 5.41. The fourth-order valence-corrected chi connectivity index (χ4v) is 2.75. The number of benzene rings is 2. The summed E-state index contributed by atoms with van der Waals surface area (Å²) in [4.78, 5) is 28.0. The molecule has 8 nitrogen and oxygen atoms in total. The van der Waals surface area contributed by atoms with Gasteiger partial charge in [0.25, 0.3) is 10.7 Å². The lowest BCUT2D eigenvalue weighted by Gasteiger charge is -2.02. The Balaban J connectivity index is 1.72. The smallest absolute Gasteiger partial charge is 0.337 e. The van der Waals surface area contributed by atoms with Gasteiger partial charge in [0.2, 0.25) is 5.89 Å². The van der Waals surface area contributed by atoms with Crippen LogP contribution >= 0.6 is 12.2 Å². The molecule has 4 rings (SSSR count). The number of carbonyl (C=O) groups is 2. The maximum atomic E-state index is 12.2. The molecule has 1 amide bonds. The van der Waals surface area contributed by atoms with Gasteiger partial charge in [0, 0.05) is 11.1 Å². The van der Waals surface area contributed by atoms with Crippen LogP contribution in [0.4, 0.5) is 11.4 Å². The maximum absolute atomic E-state index is 12.2. The number of aliphatic imine (C=N–C) groups is 1. The molecule has 3 N–H and O–H groups in total. The van der Waals surface area contributed by atoms with Crippen molar-refractivity contribution < 1.29 is 19.1 Å². The molecule has 0 saturated heterocycles. The Morgan fingerprint density at radius 1 is 1.19 bits per heavy atom. The van der Waals surface area contributed by atoms with E-state index in [9.17, 15) is 14.7 Å². The number of nitrogens with zero attached hydrogens (tertiary/aromatic N) is 2. The molecule has 9 heteroatoms. The zero-order valence-corrected chi connectivity index (χ0v) is 13.8. The van der Waals surface area contributed by atoms with E-state index in [1.54, 1.807) is 36.4 Å². The summed E-state index contributed by atoms with van der Waals surface area (Å²) < 4.78 is 5.23. The quantitative estimate of drug-likeness (QED) is 0.612. The van der Waals surface area contributed by atoms with Gasteiger partial charge >= 0.3 is 5.97 Å². The molecule has 0 spiro atoms. The number of amides is 1. The largest absolute Gasteiger partial charge is 0.478 e. The number of aromatic amines is 1. The maximum Gasteiger partial charge on any atom is 0.337 e. The number of anilines is 1. The van der Waals surface area contributed by atoms with Crippen molar-refractivity contribution in [2.45, 2.75) is 0 Å². The lowest BCUT2D eigenvalue weighted by Crippen LogP contribution is -2.14. The molecule has 0 bridgehead atoms. The van der Waals surface area contributed by atoms with Gasteiger partial charge in [0.15, 0.2) is 0 Å². The number of nitrogens with one attached hydrogen (secondary N) is 2. The molecule has 1 aliphatic rings. The first-order chi connectivity index (χ1) is 12.5. The number of para-hydroxylation sites is 1. The third-order valence-electron chi connectivity index (χ3n) is 3.80. The van der Waals surface area contributed by atoms with E-state index in [1.807, 2.05) is 0 Å². The Kier molecular flexibility index (Phi) is 3.70. The Labute approximate surface area is 151 Å². The molecular weight excluding hydrogens is 356 g/mol. The summed E-state index contributed by atoms with van der Waals surface area (Å²) >= 11 is 4.84. The van der Waals surface area contributed by atoms with Gasteiger partial charge < -0.3 is 14.8 Å². The second kappa shape index (κ2) is 6.05. The molecular formula is C17H10N4O4S. The van der Waals surface area contributed by atoms with Crippen LogP contribution in [0.1, 0.15) is 15.9 Å². The van der Waals surface area contributed by atoms with E-state index in [4.69, 9.17) is 16.6 Å². The zero-order chi connectivity index (χ0) is 18.3. The normalized spacial score (nSPS) is 14.3. The summed E-state index contributed by atoms with van der Waals surface area (Å²) in [6, 6.07) is 11.5. The molecule has 26 heavy (non-hydrogen) atoms. The number of aromatic carboxylic acids is 1. The molecule has 3 aromatic rings. The van der Waals surface area contributed by atoms with Crippen LogP contribution in [-0.2, 0) is 4.79 Å². The highest BCUT2D eigenvalue weighted by Crippen LogP contribution is 2.30. The van der Waals surface area contributed by atoms with E-state index >= 15 is 0 Å². The van der Waals surface area contributed by atoms with Gasteiger partial charge in [-0.15, -0.1) is 5.10 Å². The highest BCUT2D eigenvalue weighted by Gasteiger charge is 2.29. The van der Waals surface area contributed by atoms with Crippen LogP contribution in [0, 0.1) is 4.84 Å². The summed E-state index contributed by atoms with van der Waals surface area (Å²) in [5.74, 6) is -1.21. The highest BCUT2D eigenvalue weighted by molar-refractivity contribution is 7.71. The van der Waals surface area contributed by atoms with Crippen LogP contribution in [0.5, 0.6) is 0 Å². The first-order valence-electron chi connectivity index (χ1n) is 7.45. The number of carboxylic acid groups (broad SMARTS) is 1. The van der Waals surface area contributed by atoms with Crippen molar-refractivity contribution in [3.63, 3.8) is 0 Å². The lowest BCUT2D eigenvalue weighted by atomic mass is 10.1. The minimum Gasteiger partial charge on any atom is -0.478 e. The third kappa shape index (κ3) is 2.70. The van der Waals surface area contributed by atoms with Crippen LogP contribution < -0.4 is 5.32 Å². The highest BCUT2D eigenvalue weighted by atomic mass is 32.1. The number of hydrogen-bond donors (Lipinski definition) is 3. The molecule has 128 valence electrons. The molecule has 0 atom stereocenters. The first-order valence-corrected chi connectivity index (χ1v) is 7.86. The summed E-state index contributed by atoms with van der Waals surface area (Å²) in [6.45, 7) is 0. The fraction of sp³-hybridized carbons (Fsp3) is 0. The summed E-state index contributed by atoms with van der Waals surface area (Å²) in [5, 5.41) is 18.3. The van der Waals surface area contributed by atoms with E-state index in [1.165, 1.54) is 6.07 Å². The fourth-order valence-electron chi connectivity index (χ4n) is 2.63. The van der Waals surface area contributed by atoms with Gasteiger partial charge in [-0.1, -0.05) is 12.1 Å². The van der Waals surface area contributed by atoms with Crippen molar-refractivity contribution in [3.05, 3.63) is 58.4 Å². The molecule has 1 aliphatic heterocycles. The Hall–Kier alpha value is -3.59. The summed E-state index contributed by atoms with van der Waals surface area (Å²) in [5.41, 5.74) is 2.13. The molecule has 1 aromatic heterocycles. The van der Waals surface area contributed by atoms with Crippen LogP contribution in [-0.4, -0.2) is 32.9 Å². The number of carboxylic acids is 1.